The number of ether oxygens (including phenoxy) is 1. The lowest BCUT2D eigenvalue weighted by atomic mass is 10.1. The van der Waals surface area contributed by atoms with Gasteiger partial charge >= 0.3 is 0 Å². The Labute approximate surface area is 162 Å². The van der Waals surface area contributed by atoms with Crippen LogP contribution in [0.2, 0.25) is 0 Å². The van der Waals surface area contributed by atoms with Crippen LogP contribution in [-0.4, -0.2) is 29.0 Å². The van der Waals surface area contributed by atoms with E-state index in [-0.39, 0.29) is 17.4 Å². The van der Waals surface area contributed by atoms with Crippen molar-refractivity contribution in [3.05, 3.63) is 78.0 Å². The number of aromatic nitrogens is 2. The van der Waals surface area contributed by atoms with Crippen molar-refractivity contribution in [3.8, 4) is 5.75 Å². The van der Waals surface area contributed by atoms with Gasteiger partial charge in [-0.15, -0.1) is 0 Å². The molecule has 144 valence electrons. The van der Waals surface area contributed by atoms with Crippen LogP contribution < -0.4 is 15.4 Å². The maximum absolute atomic E-state index is 12.9. The fraction of sp³-hybridized carbons (Fsp3) is 0.190. The van der Waals surface area contributed by atoms with E-state index in [0.29, 0.717) is 25.4 Å². The summed E-state index contributed by atoms with van der Waals surface area (Å²) < 4.78 is 18.5. The second-order valence-corrected chi connectivity index (χ2v) is 5.97. The van der Waals surface area contributed by atoms with Crippen molar-refractivity contribution in [1.29, 1.82) is 0 Å². The highest BCUT2D eigenvalue weighted by atomic mass is 19.1. The van der Waals surface area contributed by atoms with Gasteiger partial charge in [0.2, 0.25) is 0 Å². The predicted octanol–water partition coefficient (Wildman–Crippen LogP) is 3.73. The summed E-state index contributed by atoms with van der Waals surface area (Å²) in [5.74, 6) is 0.640. The van der Waals surface area contributed by atoms with E-state index in [1.165, 1.54) is 24.5 Å². The first-order chi connectivity index (χ1) is 13.7. The molecule has 3 aromatic rings. The molecular formula is C21H21FN4O2. The standard InChI is InChI=1S/C21H21FN4O2/c1-2-28-19-6-4-3-5-17(19)26-20-14-24-18(13-25-20)21(27)23-12-11-15-7-9-16(22)10-8-15/h3-10,13-14H,2,11-12H2,1H3,(H,23,27)(H,25,26). The molecule has 0 fully saturated rings. The number of rotatable bonds is 8. The average Bonchev–Trinajstić information content (AvgIpc) is 2.71. The van der Waals surface area contributed by atoms with Crippen LogP contribution in [0.1, 0.15) is 23.0 Å². The summed E-state index contributed by atoms with van der Waals surface area (Å²) in [4.78, 5) is 20.6. The maximum atomic E-state index is 12.9. The lowest BCUT2D eigenvalue weighted by Crippen LogP contribution is -2.26. The van der Waals surface area contributed by atoms with Crippen LogP contribution >= 0.6 is 0 Å². The molecule has 2 aromatic carbocycles. The fourth-order valence-corrected chi connectivity index (χ4v) is 2.56. The molecule has 1 heterocycles. The predicted molar refractivity (Wildman–Crippen MR) is 105 cm³/mol. The zero-order valence-electron chi connectivity index (χ0n) is 15.5. The van der Waals surface area contributed by atoms with Crippen LogP contribution in [0.15, 0.2) is 60.9 Å². The quantitative estimate of drug-likeness (QED) is 0.623. The number of carbonyl (C=O) groups excluding carboxylic acids is 1. The molecule has 28 heavy (non-hydrogen) atoms. The molecular weight excluding hydrogens is 359 g/mol. The lowest BCUT2D eigenvalue weighted by Gasteiger charge is -2.11. The number of hydrogen-bond donors (Lipinski definition) is 2. The van der Waals surface area contributed by atoms with E-state index in [2.05, 4.69) is 20.6 Å². The normalized spacial score (nSPS) is 10.4. The molecule has 2 N–H and O–H groups in total. The number of para-hydroxylation sites is 2. The molecule has 1 aromatic heterocycles. The van der Waals surface area contributed by atoms with E-state index in [0.717, 1.165) is 17.0 Å². The second kappa shape index (κ2) is 9.45. The highest BCUT2D eigenvalue weighted by molar-refractivity contribution is 5.92. The zero-order valence-corrected chi connectivity index (χ0v) is 15.5. The van der Waals surface area contributed by atoms with Crippen molar-refractivity contribution in [1.82, 2.24) is 15.3 Å². The molecule has 6 nitrogen and oxygen atoms in total. The molecule has 0 radical (unpaired) electrons. The Bertz CT molecular complexity index is 914. The largest absolute Gasteiger partial charge is 0.492 e. The van der Waals surface area contributed by atoms with Crippen molar-refractivity contribution in [3.63, 3.8) is 0 Å². The van der Waals surface area contributed by atoms with Crippen molar-refractivity contribution < 1.29 is 13.9 Å². The van der Waals surface area contributed by atoms with Gasteiger partial charge in [0.15, 0.2) is 0 Å². The average molecular weight is 380 g/mol. The molecule has 0 aliphatic rings. The Hall–Kier alpha value is -3.48. The summed E-state index contributed by atoms with van der Waals surface area (Å²) in [6.07, 6.45) is 3.52. The fourth-order valence-electron chi connectivity index (χ4n) is 2.56. The monoisotopic (exact) mass is 380 g/mol. The minimum atomic E-state index is -0.309. The topological polar surface area (TPSA) is 76.1 Å². The number of carbonyl (C=O) groups is 1. The smallest absolute Gasteiger partial charge is 0.271 e. The Morgan fingerprint density at radius 2 is 1.86 bits per heavy atom. The van der Waals surface area contributed by atoms with E-state index in [4.69, 9.17) is 4.74 Å². The molecule has 0 unspecified atom stereocenters. The van der Waals surface area contributed by atoms with Crippen LogP contribution in [0.25, 0.3) is 0 Å². The summed E-state index contributed by atoms with van der Waals surface area (Å²) in [5, 5.41) is 5.91. The van der Waals surface area contributed by atoms with Crippen LogP contribution in [0.4, 0.5) is 15.9 Å². The molecule has 0 aliphatic carbocycles. The lowest BCUT2D eigenvalue weighted by molar-refractivity contribution is 0.0949. The van der Waals surface area contributed by atoms with Crippen LogP contribution in [0, 0.1) is 5.82 Å². The third kappa shape index (κ3) is 5.26. The van der Waals surface area contributed by atoms with Crippen molar-refractivity contribution in [2.75, 3.05) is 18.5 Å². The SMILES string of the molecule is CCOc1ccccc1Nc1cnc(C(=O)NCCc2ccc(F)cc2)cn1. The molecule has 0 spiro atoms. The van der Waals surface area contributed by atoms with E-state index < -0.39 is 0 Å². The molecule has 0 saturated heterocycles. The van der Waals surface area contributed by atoms with Gasteiger partial charge in [-0.2, -0.15) is 0 Å². The molecule has 1 amide bonds. The van der Waals surface area contributed by atoms with Crippen LogP contribution in [-0.2, 0) is 6.42 Å². The zero-order chi connectivity index (χ0) is 19.8. The molecule has 0 aliphatic heterocycles. The highest BCUT2D eigenvalue weighted by Gasteiger charge is 2.09. The Balaban J connectivity index is 1.55. The minimum absolute atomic E-state index is 0.225. The van der Waals surface area contributed by atoms with Gasteiger partial charge in [0.1, 0.15) is 23.1 Å². The number of amides is 1. The van der Waals surface area contributed by atoms with Gasteiger partial charge in [-0.1, -0.05) is 24.3 Å². The van der Waals surface area contributed by atoms with Gasteiger partial charge in [-0.3, -0.25) is 4.79 Å². The molecule has 7 heteroatoms. The van der Waals surface area contributed by atoms with Gasteiger partial charge in [-0.05, 0) is 43.2 Å². The number of benzene rings is 2. The third-order valence-electron chi connectivity index (χ3n) is 3.95. The van der Waals surface area contributed by atoms with E-state index in [1.54, 1.807) is 12.1 Å². The van der Waals surface area contributed by atoms with Crippen molar-refractivity contribution >= 4 is 17.4 Å². The van der Waals surface area contributed by atoms with Gasteiger partial charge in [0.25, 0.3) is 5.91 Å². The first kappa shape index (κ1) is 19.3. The minimum Gasteiger partial charge on any atom is -0.492 e. The number of anilines is 2. The van der Waals surface area contributed by atoms with Crippen LogP contribution in [0.3, 0.4) is 0 Å². The van der Waals surface area contributed by atoms with E-state index in [1.807, 2.05) is 31.2 Å². The number of halogens is 1. The number of hydrogen-bond acceptors (Lipinski definition) is 5. The summed E-state index contributed by atoms with van der Waals surface area (Å²) in [7, 11) is 0. The summed E-state index contributed by atoms with van der Waals surface area (Å²) in [6.45, 7) is 2.90. The second-order valence-electron chi connectivity index (χ2n) is 5.97. The van der Waals surface area contributed by atoms with Gasteiger partial charge in [0, 0.05) is 6.54 Å². The summed E-state index contributed by atoms with van der Waals surface area (Å²) in [6, 6.07) is 13.7. The highest BCUT2D eigenvalue weighted by Crippen LogP contribution is 2.26. The van der Waals surface area contributed by atoms with Gasteiger partial charge < -0.3 is 15.4 Å². The molecule has 3 rings (SSSR count). The molecule has 0 atom stereocenters. The summed E-state index contributed by atoms with van der Waals surface area (Å²) >= 11 is 0. The van der Waals surface area contributed by atoms with E-state index >= 15 is 0 Å². The van der Waals surface area contributed by atoms with Crippen LogP contribution in [0.5, 0.6) is 5.75 Å². The number of nitrogens with zero attached hydrogens (tertiary/aromatic N) is 2. The van der Waals surface area contributed by atoms with Crippen molar-refractivity contribution in [2.24, 2.45) is 0 Å². The first-order valence-electron chi connectivity index (χ1n) is 8.99. The Kier molecular flexibility index (Phi) is 6.51. The Morgan fingerprint density at radius 3 is 2.57 bits per heavy atom. The molecule has 0 bridgehead atoms. The third-order valence-corrected chi connectivity index (χ3v) is 3.95. The number of nitrogens with one attached hydrogen (secondary N) is 2. The van der Waals surface area contributed by atoms with Gasteiger partial charge in [0.05, 0.1) is 24.7 Å². The summed E-state index contributed by atoms with van der Waals surface area (Å²) in [5.41, 5.74) is 1.94. The van der Waals surface area contributed by atoms with Gasteiger partial charge in [-0.25, -0.2) is 14.4 Å². The first-order valence-corrected chi connectivity index (χ1v) is 8.99. The maximum Gasteiger partial charge on any atom is 0.271 e. The Morgan fingerprint density at radius 1 is 1.07 bits per heavy atom. The van der Waals surface area contributed by atoms with E-state index in [9.17, 15) is 9.18 Å². The molecule has 0 saturated carbocycles. The van der Waals surface area contributed by atoms with Crippen molar-refractivity contribution in [2.45, 2.75) is 13.3 Å².